The van der Waals surface area contributed by atoms with Crippen molar-refractivity contribution in [3.8, 4) is 0 Å². The van der Waals surface area contributed by atoms with Gasteiger partial charge in [-0.1, -0.05) is 12.1 Å². The molecule has 1 N–H and O–H groups in total. The first kappa shape index (κ1) is 22.3. The molecule has 3 heterocycles. The lowest BCUT2D eigenvalue weighted by molar-refractivity contribution is 0.0750. The van der Waals surface area contributed by atoms with Gasteiger partial charge < -0.3 is 14.5 Å². The van der Waals surface area contributed by atoms with Crippen molar-refractivity contribution in [3.63, 3.8) is 0 Å². The summed E-state index contributed by atoms with van der Waals surface area (Å²) in [6.45, 7) is 5.51. The van der Waals surface area contributed by atoms with Crippen LogP contribution >= 0.6 is 0 Å². The van der Waals surface area contributed by atoms with Crippen molar-refractivity contribution in [1.29, 1.82) is 0 Å². The fraction of sp³-hybridized carbons (Fsp3) is 0.292. The maximum absolute atomic E-state index is 13.1. The van der Waals surface area contributed by atoms with Gasteiger partial charge in [-0.15, -0.1) is 0 Å². The van der Waals surface area contributed by atoms with Crippen LogP contribution in [0.4, 0.5) is 11.6 Å². The van der Waals surface area contributed by atoms with Crippen LogP contribution < -0.4 is 9.62 Å². The third-order valence-corrected chi connectivity index (χ3v) is 7.29. The summed E-state index contributed by atoms with van der Waals surface area (Å²) in [5.74, 6) is 0.528. The van der Waals surface area contributed by atoms with E-state index in [1.165, 1.54) is 0 Å². The molecule has 0 bridgehead atoms. The molecule has 1 fully saturated rings. The minimum absolute atomic E-state index is 0.140. The number of fused-ring (bicyclic) bond motifs is 1. The number of amides is 1. The number of ether oxygens (including phenoxy) is 1. The quantitative estimate of drug-likeness (QED) is 0.600. The maximum Gasteiger partial charge on any atom is 0.261 e. The minimum Gasteiger partial charge on any atom is -0.378 e. The van der Waals surface area contributed by atoms with Gasteiger partial charge in [0.15, 0.2) is 0 Å². The normalized spacial score (nSPS) is 15.8. The van der Waals surface area contributed by atoms with Crippen LogP contribution in [0.1, 0.15) is 27.2 Å². The Balaban J connectivity index is 1.26. The molecule has 9 nitrogen and oxygen atoms in total. The number of hydrogen-bond donors (Lipinski definition) is 1. The first-order valence-corrected chi connectivity index (χ1v) is 12.5. The largest absolute Gasteiger partial charge is 0.378 e. The van der Waals surface area contributed by atoms with Crippen molar-refractivity contribution in [3.05, 3.63) is 77.1 Å². The highest BCUT2D eigenvalue weighted by atomic mass is 32.2. The fourth-order valence-corrected chi connectivity index (χ4v) is 5.23. The summed E-state index contributed by atoms with van der Waals surface area (Å²) in [6, 6.07) is 13.2. The molecule has 10 heteroatoms. The van der Waals surface area contributed by atoms with E-state index >= 15 is 0 Å². The van der Waals surface area contributed by atoms with Crippen LogP contribution in [-0.4, -0.2) is 55.5 Å². The van der Waals surface area contributed by atoms with Gasteiger partial charge in [0.2, 0.25) is 5.95 Å². The van der Waals surface area contributed by atoms with Crippen LogP contribution in [0.3, 0.4) is 0 Å². The third-order valence-electron chi connectivity index (χ3n) is 5.91. The third kappa shape index (κ3) is 4.59. The number of aryl methyl sites for hydroxylation is 1. The van der Waals surface area contributed by atoms with Crippen LogP contribution in [0.15, 0.2) is 59.6 Å². The Hall–Kier alpha value is -3.50. The molecule has 0 unspecified atom stereocenters. The predicted octanol–water partition coefficient (Wildman–Crippen LogP) is 2.58. The summed E-state index contributed by atoms with van der Waals surface area (Å²) >= 11 is 0. The lowest BCUT2D eigenvalue weighted by Crippen LogP contribution is -2.37. The summed E-state index contributed by atoms with van der Waals surface area (Å²) in [7, 11) is -3.71. The summed E-state index contributed by atoms with van der Waals surface area (Å²) in [6.07, 6.45) is 1.80. The van der Waals surface area contributed by atoms with Crippen molar-refractivity contribution in [1.82, 2.24) is 14.9 Å². The summed E-state index contributed by atoms with van der Waals surface area (Å²) in [4.78, 5) is 26.2. The highest BCUT2D eigenvalue weighted by molar-refractivity contribution is 7.92. The van der Waals surface area contributed by atoms with Crippen molar-refractivity contribution in [2.24, 2.45) is 0 Å². The Morgan fingerprint density at radius 2 is 1.82 bits per heavy atom. The molecule has 1 aromatic heterocycles. The van der Waals surface area contributed by atoms with E-state index in [0.29, 0.717) is 43.5 Å². The second kappa shape index (κ2) is 9.03. The number of carbonyl (C=O) groups excluding carboxylic acids is 1. The molecule has 3 aromatic rings. The van der Waals surface area contributed by atoms with Crippen LogP contribution in [-0.2, 0) is 27.8 Å². The van der Waals surface area contributed by atoms with Crippen LogP contribution in [0.5, 0.6) is 0 Å². The molecule has 176 valence electrons. The first-order valence-electron chi connectivity index (χ1n) is 11.1. The second-order valence-electron chi connectivity index (χ2n) is 8.40. The molecule has 0 atom stereocenters. The lowest BCUT2D eigenvalue weighted by Gasteiger charge is -2.26. The average Bonchev–Trinajstić information content (AvgIpc) is 3.28. The average molecular weight is 480 g/mol. The first-order chi connectivity index (χ1) is 16.4. The van der Waals surface area contributed by atoms with Gasteiger partial charge in [0, 0.05) is 42.6 Å². The van der Waals surface area contributed by atoms with E-state index in [4.69, 9.17) is 4.74 Å². The molecule has 2 aliphatic rings. The number of aromatic nitrogens is 2. The summed E-state index contributed by atoms with van der Waals surface area (Å²) in [5, 5.41) is 0. The van der Waals surface area contributed by atoms with E-state index in [1.54, 1.807) is 53.6 Å². The molecule has 0 radical (unpaired) electrons. The molecular weight excluding hydrogens is 454 g/mol. The number of morpholine rings is 1. The number of rotatable bonds is 5. The van der Waals surface area contributed by atoms with Gasteiger partial charge in [0.25, 0.3) is 15.9 Å². The Morgan fingerprint density at radius 1 is 1.06 bits per heavy atom. The maximum atomic E-state index is 13.1. The van der Waals surface area contributed by atoms with Crippen LogP contribution in [0.2, 0.25) is 0 Å². The molecule has 0 aliphatic carbocycles. The SMILES string of the molecule is Cc1cccc(S(=O)(=O)Nc2ccc(C(=O)N3Cc4cnc(N5CCOCC5)nc4C3)cc2)c1. The van der Waals surface area contributed by atoms with E-state index in [0.717, 1.165) is 29.9 Å². The van der Waals surface area contributed by atoms with Gasteiger partial charge in [-0.3, -0.25) is 9.52 Å². The lowest BCUT2D eigenvalue weighted by atomic mass is 10.2. The molecule has 2 aliphatic heterocycles. The van der Waals surface area contributed by atoms with E-state index in [9.17, 15) is 13.2 Å². The Labute approximate surface area is 198 Å². The standard InChI is InChI=1S/C24H25N5O4S/c1-17-3-2-4-21(13-17)34(31,32)27-20-7-5-18(6-8-20)23(30)29-15-19-14-25-24(26-22(19)16-29)28-9-11-33-12-10-28/h2-8,13-14,27H,9-12,15-16H2,1H3. The molecular formula is C24H25N5O4S. The molecule has 2 aromatic carbocycles. The van der Waals surface area contributed by atoms with Gasteiger partial charge in [0.1, 0.15) is 0 Å². The van der Waals surface area contributed by atoms with Crippen LogP contribution in [0, 0.1) is 6.92 Å². The number of nitrogens with zero attached hydrogens (tertiary/aromatic N) is 4. The highest BCUT2D eigenvalue weighted by Crippen LogP contribution is 2.25. The second-order valence-corrected chi connectivity index (χ2v) is 10.1. The monoisotopic (exact) mass is 479 g/mol. The smallest absolute Gasteiger partial charge is 0.261 e. The minimum atomic E-state index is -3.71. The molecule has 1 saturated heterocycles. The fourth-order valence-electron chi connectivity index (χ4n) is 4.06. The number of benzene rings is 2. The Morgan fingerprint density at radius 3 is 2.56 bits per heavy atom. The highest BCUT2D eigenvalue weighted by Gasteiger charge is 2.27. The molecule has 1 amide bonds. The molecule has 34 heavy (non-hydrogen) atoms. The zero-order chi connectivity index (χ0) is 23.7. The Bertz CT molecular complexity index is 1320. The van der Waals surface area contributed by atoms with E-state index in [-0.39, 0.29) is 10.8 Å². The Kier molecular flexibility index (Phi) is 5.93. The van der Waals surface area contributed by atoms with Gasteiger partial charge in [-0.05, 0) is 48.9 Å². The number of hydrogen-bond acceptors (Lipinski definition) is 7. The van der Waals surface area contributed by atoms with Gasteiger partial charge in [-0.25, -0.2) is 18.4 Å². The zero-order valence-corrected chi connectivity index (χ0v) is 19.6. The summed E-state index contributed by atoms with van der Waals surface area (Å²) < 4.78 is 33.2. The van der Waals surface area contributed by atoms with Crippen molar-refractivity contribution < 1.29 is 17.9 Å². The number of anilines is 2. The topological polar surface area (TPSA) is 105 Å². The predicted molar refractivity (Wildman–Crippen MR) is 127 cm³/mol. The molecule has 0 spiro atoms. The van der Waals surface area contributed by atoms with Gasteiger partial charge in [-0.2, -0.15) is 0 Å². The van der Waals surface area contributed by atoms with Gasteiger partial charge in [0.05, 0.1) is 30.3 Å². The van der Waals surface area contributed by atoms with Gasteiger partial charge >= 0.3 is 0 Å². The number of sulfonamides is 1. The van der Waals surface area contributed by atoms with E-state index in [2.05, 4.69) is 19.6 Å². The molecule has 0 saturated carbocycles. The van der Waals surface area contributed by atoms with Crippen molar-refractivity contribution >= 4 is 27.6 Å². The van der Waals surface area contributed by atoms with Crippen LogP contribution in [0.25, 0.3) is 0 Å². The van der Waals surface area contributed by atoms with E-state index in [1.807, 2.05) is 13.0 Å². The number of carbonyl (C=O) groups is 1. The van der Waals surface area contributed by atoms with Crippen molar-refractivity contribution in [2.45, 2.75) is 24.9 Å². The van der Waals surface area contributed by atoms with E-state index < -0.39 is 10.0 Å². The number of nitrogens with one attached hydrogen (secondary N) is 1. The summed E-state index contributed by atoms with van der Waals surface area (Å²) in [5.41, 5.74) is 3.52. The molecule has 5 rings (SSSR count). The van der Waals surface area contributed by atoms with Crippen molar-refractivity contribution in [2.75, 3.05) is 35.9 Å². The zero-order valence-electron chi connectivity index (χ0n) is 18.8.